The Kier molecular flexibility index (Phi) is 4.43. The first-order chi connectivity index (χ1) is 13.1. The van der Waals surface area contributed by atoms with E-state index in [0.29, 0.717) is 22.1 Å². The molecule has 27 heavy (non-hydrogen) atoms. The summed E-state index contributed by atoms with van der Waals surface area (Å²) < 4.78 is 2.27. The van der Waals surface area contributed by atoms with Gasteiger partial charge in [0.1, 0.15) is 6.54 Å². The van der Waals surface area contributed by atoms with E-state index in [1.165, 1.54) is 4.52 Å². The average molecular weight is 380 g/mol. The molecule has 0 radical (unpaired) electrons. The Balaban J connectivity index is 1.61. The van der Waals surface area contributed by atoms with Crippen molar-refractivity contribution < 1.29 is 4.79 Å². The summed E-state index contributed by atoms with van der Waals surface area (Å²) in [6, 6.07) is 19.6. The van der Waals surface area contributed by atoms with Crippen LogP contribution in [0.1, 0.15) is 0 Å². The summed E-state index contributed by atoms with van der Waals surface area (Å²) in [5.74, 6) is -0.343. The van der Waals surface area contributed by atoms with Gasteiger partial charge in [0.05, 0.1) is 5.69 Å². The number of aromatic nitrogens is 4. The quantitative estimate of drug-likeness (QED) is 0.591. The number of nitrogens with one attached hydrogen (secondary N) is 1. The van der Waals surface area contributed by atoms with Crippen molar-refractivity contribution in [3.05, 3.63) is 82.2 Å². The number of halogens is 1. The molecule has 4 aromatic rings. The molecule has 0 aliphatic heterocycles. The largest absolute Gasteiger partial charge is 0.367 e. The van der Waals surface area contributed by atoms with Crippen molar-refractivity contribution in [2.45, 2.75) is 6.54 Å². The molecule has 8 heteroatoms. The molecule has 0 fully saturated rings. The van der Waals surface area contributed by atoms with Crippen molar-refractivity contribution in [3.63, 3.8) is 0 Å². The second kappa shape index (κ2) is 7.05. The topological polar surface area (TPSA) is 81.3 Å². The molecule has 2 heterocycles. The van der Waals surface area contributed by atoms with Gasteiger partial charge in [-0.25, -0.2) is 9.48 Å². The lowest BCUT2D eigenvalue weighted by atomic mass is 10.1. The van der Waals surface area contributed by atoms with Gasteiger partial charge in [-0.2, -0.15) is 9.61 Å². The summed E-state index contributed by atoms with van der Waals surface area (Å²) >= 11 is 5.90. The Morgan fingerprint density at radius 1 is 0.963 bits per heavy atom. The Morgan fingerprint density at radius 2 is 1.70 bits per heavy atom. The fourth-order valence-corrected chi connectivity index (χ4v) is 2.77. The maximum absolute atomic E-state index is 12.6. The molecular weight excluding hydrogens is 366 g/mol. The van der Waals surface area contributed by atoms with Gasteiger partial charge < -0.3 is 5.32 Å². The summed E-state index contributed by atoms with van der Waals surface area (Å²) in [6.45, 7) is -0.201. The van der Waals surface area contributed by atoms with E-state index in [4.69, 9.17) is 11.6 Å². The molecule has 0 atom stereocenters. The molecule has 0 saturated carbocycles. The minimum atomic E-state index is -0.482. The lowest BCUT2D eigenvalue weighted by molar-refractivity contribution is -0.117. The van der Waals surface area contributed by atoms with Gasteiger partial charge in [0.25, 0.3) is 0 Å². The highest BCUT2D eigenvalue weighted by Crippen LogP contribution is 2.19. The van der Waals surface area contributed by atoms with Gasteiger partial charge in [0, 0.05) is 16.3 Å². The van der Waals surface area contributed by atoms with Crippen molar-refractivity contribution >= 4 is 28.8 Å². The SMILES string of the molecule is O=C(Cn1nc2ccc(-c3ccc(Cl)cc3)nn2c1=O)Nc1ccccc1. The van der Waals surface area contributed by atoms with Crippen LogP contribution in [0.3, 0.4) is 0 Å². The minimum absolute atomic E-state index is 0.201. The average Bonchev–Trinajstić information content (AvgIpc) is 2.98. The second-order valence-electron chi connectivity index (χ2n) is 5.85. The van der Waals surface area contributed by atoms with Gasteiger partial charge in [0.2, 0.25) is 5.91 Å². The van der Waals surface area contributed by atoms with Crippen LogP contribution >= 0.6 is 11.6 Å². The van der Waals surface area contributed by atoms with E-state index in [0.717, 1.165) is 10.2 Å². The van der Waals surface area contributed by atoms with Gasteiger partial charge in [-0.15, -0.1) is 5.10 Å². The number of nitrogens with zero attached hydrogens (tertiary/aromatic N) is 4. The number of rotatable bonds is 4. The molecule has 134 valence electrons. The van der Waals surface area contributed by atoms with Crippen LogP contribution in [0.25, 0.3) is 16.9 Å². The minimum Gasteiger partial charge on any atom is -0.324 e. The zero-order valence-corrected chi connectivity index (χ0v) is 14.8. The summed E-state index contributed by atoms with van der Waals surface area (Å²) in [5, 5.41) is 11.8. The lowest BCUT2D eigenvalue weighted by Gasteiger charge is -2.03. The normalized spacial score (nSPS) is 10.9. The number of carbonyl (C=O) groups is 1. The first-order valence-electron chi connectivity index (χ1n) is 8.18. The first kappa shape index (κ1) is 17.0. The zero-order valence-electron chi connectivity index (χ0n) is 14.0. The van der Waals surface area contributed by atoms with E-state index in [1.54, 1.807) is 36.4 Å². The van der Waals surface area contributed by atoms with E-state index >= 15 is 0 Å². The highest BCUT2D eigenvalue weighted by atomic mass is 35.5. The molecule has 2 aromatic carbocycles. The molecule has 0 aliphatic rings. The number of amides is 1. The van der Waals surface area contributed by atoms with E-state index in [9.17, 15) is 9.59 Å². The van der Waals surface area contributed by atoms with Crippen LogP contribution in [0, 0.1) is 0 Å². The monoisotopic (exact) mass is 379 g/mol. The van der Waals surface area contributed by atoms with Gasteiger partial charge >= 0.3 is 5.69 Å². The van der Waals surface area contributed by atoms with Gasteiger partial charge in [-0.05, 0) is 36.4 Å². The summed E-state index contributed by atoms with van der Waals surface area (Å²) in [4.78, 5) is 24.7. The number of hydrogen-bond donors (Lipinski definition) is 1. The highest BCUT2D eigenvalue weighted by molar-refractivity contribution is 6.30. The molecule has 4 rings (SSSR count). The van der Waals surface area contributed by atoms with E-state index in [1.807, 2.05) is 30.3 Å². The molecule has 0 unspecified atom stereocenters. The first-order valence-corrected chi connectivity index (χ1v) is 8.56. The molecule has 0 spiro atoms. The molecule has 0 aliphatic carbocycles. The Morgan fingerprint density at radius 3 is 2.44 bits per heavy atom. The molecule has 7 nitrogen and oxygen atoms in total. The number of benzene rings is 2. The number of fused-ring (bicyclic) bond motifs is 1. The van der Waals surface area contributed by atoms with E-state index in [-0.39, 0.29) is 12.5 Å². The van der Waals surface area contributed by atoms with Crippen molar-refractivity contribution in [1.29, 1.82) is 0 Å². The maximum Gasteiger partial charge on any atom is 0.367 e. The predicted octanol–water partition coefficient (Wildman–Crippen LogP) is 2.85. The van der Waals surface area contributed by atoms with Gasteiger partial charge in [-0.3, -0.25) is 4.79 Å². The summed E-state index contributed by atoms with van der Waals surface area (Å²) in [5.41, 5.74) is 1.97. The van der Waals surface area contributed by atoms with E-state index in [2.05, 4.69) is 15.5 Å². The lowest BCUT2D eigenvalue weighted by Crippen LogP contribution is -2.28. The highest BCUT2D eigenvalue weighted by Gasteiger charge is 2.13. The van der Waals surface area contributed by atoms with Gasteiger partial charge in [0.15, 0.2) is 5.65 Å². The fourth-order valence-electron chi connectivity index (χ4n) is 2.64. The van der Waals surface area contributed by atoms with Gasteiger partial charge in [-0.1, -0.05) is 41.9 Å². The van der Waals surface area contributed by atoms with Crippen LogP contribution in [0.2, 0.25) is 5.02 Å². The second-order valence-corrected chi connectivity index (χ2v) is 6.29. The molecule has 1 amide bonds. The van der Waals surface area contributed by atoms with E-state index < -0.39 is 5.69 Å². The number of para-hydroxylation sites is 1. The van der Waals surface area contributed by atoms with Crippen molar-refractivity contribution in [2.75, 3.05) is 5.32 Å². The molecule has 0 saturated heterocycles. The number of anilines is 1. The number of hydrogen-bond acceptors (Lipinski definition) is 4. The Bertz CT molecular complexity index is 1170. The Labute approximate surface area is 158 Å². The van der Waals surface area contributed by atoms with Crippen LogP contribution in [-0.4, -0.2) is 25.3 Å². The molecule has 1 N–H and O–H groups in total. The van der Waals surface area contributed by atoms with Crippen molar-refractivity contribution in [3.8, 4) is 11.3 Å². The fraction of sp³-hybridized carbons (Fsp3) is 0.0526. The third-order valence-corrected chi connectivity index (χ3v) is 4.18. The summed E-state index contributed by atoms with van der Waals surface area (Å²) in [6.07, 6.45) is 0. The molecule has 2 aromatic heterocycles. The van der Waals surface area contributed by atoms with Crippen LogP contribution < -0.4 is 11.0 Å². The van der Waals surface area contributed by atoms with Crippen LogP contribution in [0.5, 0.6) is 0 Å². The third-order valence-electron chi connectivity index (χ3n) is 3.93. The van der Waals surface area contributed by atoms with Crippen LogP contribution in [0.15, 0.2) is 71.5 Å². The smallest absolute Gasteiger partial charge is 0.324 e. The molecule has 0 bridgehead atoms. The van der Waals surface area contributed by atoms with Crippen molar-refractivity contribution in [2.24, 2.45) is 0 Å². The van der Waals surface area contributed by atoms with Crippen molar-refractivity contribution in [1.82, 2.24) is 19.4 Å². The van der Waals surface area contributed by atoms with Crippen LogP contribution in [-0.2, 0) is 11.3 Å². The predicted molar refractivity (Wildman–Crippen MR) is 103 cm³/mol. The maximum atomic E-state index is 12.6. The summed E-state index contributed by atoms with van der Waals surface area (Å²) in [7, 11) is 0. The third kappa shape index (κ3) is 3.58. The molecular formula is C19H14ClN5O2. The Hall–Kier alpha value is -3.45. The van der Waals surface area contributed by atoms with Crippen LogP contribution in [0.4, 0.5) is 5.69 Å². The number of carbonyl (C=O) groups excluding carboxylic acids is 1. The zero-order chi connectivity index (χ0) is 18.8. The standard InChI is InChI=1S/C19H14ClN5O2/c20-14-8-6-13(7-9-14)16-10-11-17-23-24(19(27)25(17)22-16)12-18(26)21-15-4-2-1-3-5-15/h1-11H,12H2,(H,21,26).